The number of rotatable bonds is 0. The summed E-state index contributed by atoms with van der Waals surface area (Å²) >= 11 is 4.59. The third-order valence-corrected chi connectivity index (χ3v) is 0.823. The molecule has 3 nitrogen and oxygen atoms in total. The van der Waals surface area contributed by atoms with E-state index in [0.29, 0.717) is 5.11 Å². The molecule has 0 saturated carbocycles. The standard InChI is InChI=1S/C4H8N2OS/c1-3(7)6-4(8)5-2/h1-2H3,(H2,5,6,7,8). The number of carbonyl (C=O) groups is 1. The van der Waals surface area contributed by atoms with E-state index in [0.717, 1.165) is 0 Å². The lowest BCUT2D eigenvalue weighted by atomic mass is 10.7. The van der Waals surface area contributed by atoms with E-state index in [1.54, 1.807) is 7.05 Å². The highest BCUT2D eigenvalue weighted by Crippen LogP contribution is 1.62. The fourth-order valence-electron chi connectivity index (χ4n) is 0.222. The van der Waals surface area contributed by atoms with Crippen molar-refractivity contribution in [3.8, 4) is 0 Å². The van der Waals surface area contributed by atoms with Crippen LogP contribution in [0, 0.1) is 0 Å². The van der Waals surface area contributed by atoms with E-state index in [2.05, 4.69) is 22.9 Å². The predicted molar refractivity (Wildman–Crippen MR) is 35.5 cm³/mol. The number of amides is 1. The molecule has 46 valence electrons. The Morgan fingerprint density at radius 3 is 2.25 bits per heavy atom. The first-order chi connectivity index (χ1) is 3.66. The summed E-state index contributed by atoms with van der Waals surface area (Å²) in [5, 5.41) is 5.33. The molecule has 0 unspecified atom stereocenters. The summed E-state index contributed by atoms with van der Waals surface area (Å²) in [5.41, 5.74) is 0. The molecule has 4 heteroatoms. The number of thiocarbonyl (C=S) groups is 1. The van der Waals surface area contributed by atoms with Crippen LogP contribution in [0.1, 0.15) is 6.92 Å². The Morgan fingerprint density at radius 2 is 2.12 bits per heavy atom. The minimum atomic E-state index is -0.149. The van der Waals surface area contributed by atoms with Gasteiger partial charge in [-0.3, -0.25) is 4.79 Å². The lowest BCUT2D eigenvalue weighted by molar-refractivity contribution is -0.117. The molecule has 0 aromatic heterocycles. The highest BCUT2D eigenvalue weighted by molar-refractivity contribution is 7.80. The Labute approximate surface area is 53.5 Å². The Hall–Kier alpha value is -0.640. The van der Waals surface area contributed by atoms with Crippen LogP contribution in [-0.2, 0) is 4.79 Å². The number of hydrogen-bond acceptors (Lipinski definition) is 2. The lowest BCUT2D eigenvalue weighted by Crippen LogP contribution is -2.35. The van der Waals surface area contributed by atoms with Crippen molar-refractivity contribution < 1.29 is 4.79 Å². The first-order valence-electron chi connectivity index (χ1n) is 2.16. The van der Waals surface area contributed by atoms with Crippen LogP contribution in [-0.4, -0.2) is 18.1 Å². The molecule has 0 aromatic rings. The predicted octanol–water partition coefficient (Wildman–Crippen LogP) is -0.373. The molecule has 0 saturated heterocycles. The largest absolute Gasteiger partial charge is 0.365 e. The second kappa shape index (κ2) is 3.37. The maximum absolute atomic E-state index is 10.2. The normalized spacial score (nSPS) is 7.75. The quantitative estimate of drug-likeness (QED) is 0.442. The van der Waals surface area contributed by atoms with Gasteiger partial charge in [-0.25, -0.2) is 0 Å². The van der Waals surface area contributed by atoms with Crippen LogP contribution < -0.4 is 10.6 Å². The van der Waals surface area contributed by atoms with Gasteiger partial charge in [-0.1, -0.05) is 0 Å². The molecular formula is C4H8N2OS. The maximum atomic E-state index is 10.2. The lowest BCUT2D eigenvalue weighted by Gasteiger charge is -1.99. The molecule has 0 radical (unpaired) electrons. The second-order valence-electron chi connectivity index (χ2n) is 1.26. The summed E-state index contributed by atoms with van der Waals surface area (Å²) < 4.78 is 0. The average Bonchev–Trinajstić information content (AvgIpc) is 1.65. The van der Waals surface area contributed by atoms with Crippen LogP contribution in [0.15, 0.2) is 0 Å². The van der Waals surface area contributed by atoms with Gasteiger partial charge in [0.25, 0.3) is 0 Å². The Balaban J connectivity index is 3.40. The van der Waals surface area contributed by atoms with Gasteiger partial charge in [-0.15, -0.1) is 0 Å². The van der Waals surface area contributed by atoms with Crippen LogP contribution in [0.5, 0.6) is 0 Å². The molecule has 0 fully saturated rings. The van der Waals surface area contributed by atoms with Crippen molar-refractivity contribution in [1.29, 1.82) is 0 Å². The molecule has 0 atom stereocenters. The van der Waals surface area contributed by atoms with Crippen LogP contribution in [0.3, 0.4) is 0 Å². The Bertz CT molecular complexity index is 113. The van der Waals surface area contributed by atoms with Crippen molar-refractivity contribution in [2.24, 2.45) is 0 Å². The third kappa shape index (κ3) is 3.55. The molecule has 8 heavy (non-hydrogen) atoms. The minimum Gasteiger partial charge on any atom is -0.365 e. The van der Waals surface area contributed by atoms with E-state index in [1.807, 2.05) is 0 Å². The van der Waals surface area contributed by atoms with Crippen molar-refractivity contribution >= 4 is 23.2 Å². The first kappa shape index (κ1) is 7.36. The summed E-state index contributed by atoms with van der Waals surface area (Å²) in [6.45, 7) is 1.41. The number of carbonyl (C=O) groups excluding carboxylic acids is 1. The molecule has 0 aliphatic heterocycles. The SMILES string of the molecule is CNC(=S)NC(C)=O. The van der Waals surface area contributed by atoms with Crippen LogP contribution >= 0.6 is 12.2 Å². The van der Waals surface area contributed by atoms with Crippen molar-refractivity contribution in [1.82, 2.24) is 10.6 Å². The van der Waals surface area contributed by atoms with E-state index in [1.165, 1.54) is 6.92 Å². The van der Waals surface area contributed by atoms with Gasteiger partial charge < -0.3 is 10.6 Å². The topological polar surface area (TPSA) is 41.1 Å². The van der Waals surface area contributed by atoms with Gasteiger partial charge in [-0.05, 0) is 12.2 Å². The van der Waals surface area contributed by atoms with Gasteiger partial charge >= 0.3 is 0 Å². The van der Waals surface area contributed by atoms with Gasteiger partial charge in [0, 0.05) is 14.0 Å². The van der Waals surface area contributed by atoms with Crippen molar-refractivity contribution in [3.63, 3.8) is 0 Å². The van der Waals surface area contributed by atoms with Crippen LogP contribution in [0.2, 0.25) is 0 Å². The smallest absolute Gasteiger partial charge is 0.222 e. The number of nitrogens with one attached hydrogen (secondary N) is 2. The van der Waals surface area contributed by atoms with Gasteiger partial charge in [-0.2, -0.15) is 0 Å². The van der Waals surface area contributed by atoms with E-state index in [9.17, 15) is 4.79 Å². The highest BCUT2D eigenvalue weighted by atomic mass is 32.1. The van der Waals surface area contributed by atoms with Gasteiger partial charge in [0.05, 0.1) is 0 Å². The fraction of sp³-hybridized carbons (Fsp3) is 0.500. The molecule has 2 N–H and O–H groups in total. The molecule has 0 rings (SSSR count). The number of hydrogen-bond donors (Lipinski definition) is 2. The Morgan fingerprint density at radius 1 is 1.62 bits per heavy atom. The molecule has 0 spiro atoms. The Kier molecular flexibility index (Phi) is 3.10. The molecule has 0 heterocycles. The minimum absolute atomic E-state index is 0.149. The van der Waals surface area contributed by atoms with E-state index < -0.39 is 0 Å². The molecule has 1 amide bonds. The van der Waals surface area contributed by atoms with Crippen molar-refractivity contribution in [2.75, 3.05) is 7.05 Å². The summed E-state index contributed by atoms with van der Waals surface area (Å²) in [6.07, 6.45) is 0. The molecule has 0 aromatic carbocycles. The molecule has 0 aliphatic rings. The van der Waals surface area contributed by atoms with Crippen LogP contribution in [0.4, 0.5) is 0 Å². The van der Waals surface area contributed by atoms with Crippen LogP contribution in [0.25, 0.3) is 0 Å². The van der Waals surface area contributed by atoms with Crippen molar-refractivity contribution in [3.05, 3.63) is 0 Å². The highest BCUT2D eigenvalue weighted by Gasteiger charge is 1.90. The van der Waals surface area contributed by atoms with E-state index in [4.69, 9.17) is 0 Å². The molecular weight excluding hydrogens is 124 g/mol. The zero-order valence-corrected chi connectivity index (χ0v) is 5.63. The van der Waals surface area contributed by atoms with E-state index in [-0.39, 0.29) is 5.91 Å². The maximum Gasteiger partial charge on any atom is 0.222 e. The van der Waals surface area contributed by atoms with Crippen molar-refractivity contribution in [2.45, 2.75) is 6.92 Å². The summed E-state index contributed by atoms with van der Waals surface area (Å²) in [7, 11) is 1.65. The van der Waals surface area contributed by atoms with E-state index >= 15 is 0 Å². The summed E-state index contributed by atoms with van der Waals surface area (Å²) in [5.74, 6) is -0.149. The van der Waals surface area contributed by atoms with Gasteiger partial charge in [0.2, 0.25) is 5.91 Å². The fourth-order valence-corrected chi connectivity index (χ4v) is 0.366. The summed E-state index contributed by atoms with van der Waals surface area (Å²) in [4.78, 5) is 10.2. The zero-order chi connectivity index (χ0) is 6.57. The first-order valence-corrected chi connectivity index (χ1v) is 2.57. The molecule has 0 aliphatic carbocycles. The zero-order valence-electron chi connectivity index (χ0n) is 4.82. The van der Waals surface area contributed by atoms with Gasteiger partial charge in [0.15, 0.2) is 5.11 Å². The molecule has 0 bridgehead atoms. The average molecular weight is 132 g/mol. The second-order valence-corrected chi connectivity index (χ2v) is 1.67. The van der Waals surface area contributed by atoms with Gasteiger partial charge in [0.1, 0.15) is 0 Å². The monoisotopic (exact) mass is 132 g/mol. The summed E-state index contributed by atoms with van der Waals surface area (Å²) in [6, 6.07) is 0. The third-order valence-electron chi connectivity index (χ3n) is 0.517.